The first-order chi connectivity index (χ1) is 13.2. The van der Waals surface area contributed by atoms with Gasteiger partial charge in [0.25, 0.3) is 0 Å². The molecule has 1 aliphatic rings. The summed E-state index contributed by atoms with van der Waals surface area (Å²) in [6, 6.07) is 4.38. The molecule has 0 radical (unpaired) electrons. The number of aromatic hydroxyl groups is 1. The third-order valence-electron chi connectivity index (χ3n) is 5.28. The van der Waals surface area contributed by atoms with Crippen LogP contribution >= 0.6 is 0 Å². The van der Waals surface area contributed by atoms with Gasteiger partial charge in [-0.25, -0.2) is 4.79 Å². The summed E-state index contributed by atoms with van der Waals surface area (Å²) in [6.45, 7) is 8.13. The molecule has 28 heavy (non-hydrogen) atoms. The van der Waals surface area contributed by atoms with Gasteiger partial charge >= 0.3 is 5.97 Å². The van der Waals surface area contributed by atoms with Crippen molar-refractivity contribution in [1.29, 1.82) is 0 Å². The van der Waals surface area contributed by atoms with E-state index in [-0.39, 0.29) is 23.3 Å². The molecule has 1 aromatic rings. The Morgan fingerprint density at radius 1 is 1.21 bits per heavy atom. The highest BCUT2D eigenvalue weighted by Crippen LogP contribution is 2.31. The minimum Gasteiger partial charge on any atom is -0.504 e. The van der Waals surface area contributed by atoms with E-state index < -0.39 is 18.2 Å². The number of aliphatic hydroxyl groups is 1. The highest BCUT2D eigenvalue weighted by atomic mass is 16.5. The van der Waals surface area contributed by atoms with E-state index in [9.17, 15) is 15.0 Å². The Morgan fingerprint density at radius 3 is 2.57 bits per heavy atom. The minimum atomic E-state index is -0.682. The van der Waals surface area contributed by atoms with Crippen molar-refractivity contribution in [2.45, 2.75) is 59.2 Å². The highest BCUT2D eigenvalue weighted by Gasteiger charge is 2.33. The van der Waals surface area contributed by atoms with Gasteiger partial charge in [-0.15, -0.1) is 0 Å². The van der Waals surface area contributed by atoms with Crippen molar-refractivity contribution in [2.75, 3.05) is 7.11 Å². The van der Waals surface area contributed by atoms with Crippen LogP contribution in [0.5, 0.6) is 11.5 Å². The second-order valence-electron chi connectivity index (χ2n) is 7.95. The van der Waals surface area contributed by atoms with E-state index in [0.29, 0.717) is 12.0 Å². The van der Waals surface area contributed by atoms with Crippen LogP contribution in [-0.2, 0) is 4.74 Å². The summed E-state index contributed by atoms with van der Waals surface area (Å²) in [5, 5.41) is 20.6. The van der Waals surface area contributed by atoms with Crippen LogP contribution in [0.4, 0.5) is 0 Å². The second kappa shape index (κ2) is 9.78. The second-order valence-corrected chi connectivity index (χ2v) is 7.95. The molecule has 0 saturated heterocycles. The molecule has 0 aliphatic heterocycles. The van der Waals surface area contributed by atoms with Gasteiger partial charge < -0.3 is 19.7 Å². The predicted octanol–water partition coefficient (Wildman–Crippen LogP) is 4.64. The van der Waals surface area contributed by atoms with Gasteiger partial charge in [-0.2, -0.15) is 0 Å². The summed E-state index contributed by atoms with van der Waals surface area (Å²) in [4.78, 5) is 12.8. The van der Waals surface area contributed by atoms with Gasteiger partial charge in [0.1, 0.15) is 6.10 Å². The number of benzene rings is 1. The summed E-state index contributed by atoms with van der Waals surface area (Å²) in [6.07, 6.45) is 5.33. The number of aliphatic hydroxyl groups excluding tert-OH is 1. The van der Waals surface area contributed by atoms with Gasteiger partial charge in [0.2, 0.25) is 0 Å². The van der Waals surface area contributed by atoms with Crippen LogP contribution in [0.25, 0.3) is 0 Å². The number of phenols is 1. The van der Waals surface area contributed by atoms with E-state index in [1.54, 1.807) is 0 Å². The molecule has 5 nitrogen and oxygen atoms in total. The van der Waals surface area contributed by atoms with Crippen molar-refractivity contribution < 1.29 is 24.5 Å². The first-order valence-electron chi connectivity index (χ1n) is 9.82. The van der Waals surface area contributed by atoms with Crippen molar-refractivity contribution in [1.82, 2.24) is 0 Å². The van der Waals surface area contributed by atoms with Crippen LogP contribution in [0.3, 0.4) is 0 Å². The normalized spacial score (nSPS) is 27.3. The molecule has 0 amide bonds. The molecule has 0 bridgehead atoms. The van der Waals surface area contributed by atoms with Crippen LogP contribution in [0.1, 0.15) is 57.3 Å². The van der Waals surface area contributed by atoms with Crippen molar-refractivity contribution >= 4 is 5.97 Å². The largest absolute Gasteiger partial charge is 0.504 e. The number of ether oxygens (including phenoxy) is 2. The smallest absolute Gasteiger partial charge is 0.338 e. The number of rotatable bonds is 4. The van der Waals surface area contributed by atoms with E-state index in [0.717, 1.165) is 24.0 Å². The molecule has 0 saturated carbocycles. The van der Waals surface area contributed by atoms with Gasteiger partial charge in [-0.3, -0.25) is 0 Å². The van der Waals surface area contributed by atoms with Crippen molar-refractivity contribution in [3.05, 3.63) is 47.1 Å². The summed E-state index contributed by atoms with van der Waals surface area (Å²) in [7, 11) is 1.43. The molecule has 0 heterocycles. The lowest BCUT2D eigenvalue weighted by Gasteiger charge is -2.33. The van der Waals surface area contributed by atoms with Crippen molar-refractivity contribution in [3.8, 4) is 11.5 Å². The maximum atomic E-state index is 12.8. The molecule has 3 unspecified atom stereocenters. The standard InChI is InChI=1S/C23H32O5/c1-14(2)22-19(25)11-15(3)7-6-8-16(4)12-21(22)28-23(26)17-9-10-18(24)20(13-17)27-5/h8-11,13-14,19,21-22,24-25H,6-7,12H2,1-5H3/b15-11+,16-8-. The number of carbonyl (C=O) groups is 1. The van der Waals surface area contributed by atoms with Gasteiger partial charge in [0, 0.05) is 12.3 Å². The number of carbonyl (C=O) groups excluding carboxylic acids is 1. The molecule has 1 aliphatic carbocycles. The van der Waals surface area contributed by atoms with Gasteiger partial charge in [-0.1, -0.05) is 37.1 Å². The summed E-state index contributed by atoms with van der Waals surface area (Å²) < 4.78 is 11.0. The van der Waals surface area contributed by atoms with Crippen LogP contribution in [0.15, 0.2) is 41.5 Å². The van der Waals surface area contributed by atoms with E-state index in [2.05, 4.69) is 6.08 Å². The molecule has 2 rings (SSSR count). The lowest BCUT2D eigenvalue weighted by molar-refractivity contribution is -0.0217. The fourth-order valence-corrected chi connectivity index (χ4v) is 3.74. The molecule has 3 atom stereocenters. The quantitative estimate of drug-likeness (QED) is 0.581. The zero-order valence-electron chi connectivity index (χ0n) is 17.4. The molecule has 0 fully saturated rings. The predicted molar refractivity (Wildman–Crippen MR) is 110 cm³/mol. The van der Waals surface area contributed by atoms with Gasteiger partial charge in [-0.05, 0) is 50.8 Å². The fraction of sp³-hybridized carbons (Fsp3) is 0.522. The Hall–Kier alpha value is -2.27. The Bertz CT molecular complexity index is 747. The lowest BCUT2D eigenvalue weighted by atomic mass is 9.81. The van der Waals surface area contributed by atoms with Crippen molar-refractivity contribution in [3.63, 3.8) is 0 Å². The molecule has 2 N–H and O–H groups in total. The molecule has 0 aromatic heterocycles. The zero-order valence-corrected chi connectivity index (χ0v) is 17.4. The van der Waals surface area contributed by atoms with Gasteiger partial charge in [0.05, 0.1) is 18.8 Å². The first kappa shape index (κ1) is 22.0. The number of esters is 1. The first-order valence-corrected chi connectivity index (χ1v) is 9.82. The molecule has 154 valence electrons. The molecular weight excluding hydrogens is 356 g/mol. The zero-order chi connectivity index (χ0) is 20.8. The Morgan fingerprint density at radius 2 is 1.93 bits per heavy atom. The summed E-state index contributed by atoms with van der Waals surface area (Å²) in [5.74, 6) is -0.410. The highest BCUT2D eigenvalue weighted by molar-refractivity contribution is 5.90. The van der Waals surface area contributed by atoms with E-state index in [1.807, 2.05) is 33.8 Å². The number of hydrogen-bond acceptors (Lipinski definition) is 5. The van der Waals surface area contributed by atoms with E-state index >= 15 is 0 Å². The van der Waals surface area contributed by atoms with Crippen LogP contribution < -0.4 is 4.74 Å². The minimum absolute atomic E-state index is 0.0346. The van der Waals surface area contributed by atoms with Crippen molar-refractivity contribution in [2.24, 2.45) is 11.8 Å². The van der Waals surface area contributed by atoms with Crippen LogP contribution in [0, 0.1) is 11.8 Å². The third-order valence-corrected chi connectivity index (χ3v) is 5.28. The molecule has 1 aromatic carbocycles. The average molecular weight is 389 g/mol. The Labute approximate surface area is 167 Å². The summed E-state index contributed by atoms with van der Waals surface area (Å²) >= 11 is 0. The topological polar surface area (TPSA) is 76.0 Å². The fourth-order valence-electron chi connectivity index (χ4n) is 3.74. The Balaban J connectivity index is 2.33. The maximum absolute atomic E-state index is 12.8. The summed E-state index contributed by atoms with van der Waals surface area (Å²) in [5.41, 5.74) is 2.59. The number of phenolic OH excluding ortho intramolecular Hbond substituents is 1. The average Bonchev–Trinajstić information content (AvgIpc) is 2.61. The molecule has 5 heteroatoms. The van der Waals surface area contributed by atoms with E-state index in [4.69, 9.17) is 9.47 Å². The maximum Gasteiger partial charge on any atom is 0.338 e. The third kappa shape index (κ3) is 5.61. The lowest BCUT2D eigenvalue weighted by Crippen LogP contribution is -2.38. The van der Waals surface area contributed by atoms with Gasteiger partial charge in [0.15, 0.2) is 11.5 Å². The number of methoxy groups -OCH3 is 1. The Kier molecular flexibility index (Phi) is 7.69. The monoisotopic (exact) mass is 388 g/mol. The molecular formula is C23H32O5. The molecule has 0 spiro atoms. The number of hydrogen-bond donors (Lipinski definition) is 2. The van der Waals surface area contributed by atoms with E-state index in [1.165, 1.54) is 25.3 Å². The van der Waals surface area contributed by atoms with Crippen LogP contribution in [-0.4, -0.2) is 35.5 Å². The SMILES string of the molecule is COc1cc(C(=O)OC2C/C(C)=C\CC/C(C)=C/C(O)C2C(C)C)ccc1O. The van der Waals surface area contributed by atoms with Crippen LogP contribution in [0.2, 0.25) is 0 Å². The number of allylic oxidation sites excluding steroid dienone is 2.